The van der Waals surface area contributed by atoms with E-state index in [-0.39, 0.29) is 24.6 Å². The highest BCUT2D eigenvalue weighted by molar-refractivity contribution is 5.89. The molecule has 22 heavy (non-hydrogen) atoms. The lowest BCUT2D eigenvalue weighted by Gasteiger charge is -2.12. The van der Waals surface area contributed by atoms with E-state index in [1.54, 1.807) is 12.1 Å². The molecule has 7 heteroatoms. The van der Waals surface area contributed by atoms with Crippen molar-refractivity contribution in [2.24, 2.45) is 5.73 Å². The molecule has 1 atom stereocenters. The Labute approximate surface area is 130 Å². The average Bonchev–Trinajstić information content (AvgIpc) is 2.45. The molecule has 1 unspecified atom stereocenters. The number of methoxy groups -OCH3 is 1. The summed E-state index contributed by atoms with van der Waals surface area (Å²) in [6.07, 6.45) is 0. The lowest BCUT2D eigenvalue weighted by molar-refractivity contribution is -0.123. The number of carbonyl (C=O) groups excluding carboxylic acids is 2. The molecule has 3 amide bonds. The maximum absolute atomic E-state index is 11.6. The van der Waals surface area contributed by atoms with Crippen LogP contribution < -0.4 is 21.7 Å². The molecule has 1 aromatic carbocycles. The molecule has 0 bridgehead atoms. The Bertz CT molecular complexity index is 488. The van der Waals surface area contributed by atoms with Gasteiger partial charge >= 0.3 is 6.03 Å². The van der Waals surface area contributed by atoms with Gasteiger partial charge in [0.25, 0.3) is 0 Å². The third kappa shape index (κ3) is 6.55. The minimum atomic E-state index is -0.675. The van der Waals surface area contributed by atoms with Crippen molar-refractivity contribution in [2.75, 3.05) is 19.0 Å². The van der Waals surface area contributed by atoms with Crippen LogP contribution in [-0.2, 0) is 16.1 Å². The summed E-state index contributed by atoms with van der Waals surface area (Å²) in [6, 6.07) is 6.35. The molecule has 1 aromatic rings. The Balaban J connectivity index is 2.45. The van der Waals surface area contributed by atoms with Crippen LogP contribution in [0.15, 0.2) is 24.3 Å². The number of carbonyl (C=O) groups is 2. The summed E-state index contributed by atoms with van der Waals surface area (Å²) in [5.41, 5.74) is 7.21. The number of anilines is 1. The SMILES string of the molecule is COCC(N)C(=O)NCc1ccc(NC(=O)NC(C)C)cc1. The van der Waals surface area contributed by atoms with Gasteiger partial charge in [-0.3, -0.25) is 4.79 Å². The molecule has 0 aliphatic rings. The molecule has 0 aromatic heterocycles. The molecule has 5 N–H and O–H groups in total. The van der Waals surface area contributed by atoms with E-state index in [0.29, 0.717) is 12.2 Å². The van der Waals surface area contributed by atoms with Gasteiger partial charge in [-0.1, -0.05) is 12.1 Å². The Morgan fingerprint density at radius 2 is 1.86 bits per heavy atom. The first kappa shape index (κ1) is 17.9. The number of amides is 3. The fourth-order valence-electron chi connectivity index (χ4n) is 1.71. The smallest absolute Gasteiger partial charge is 0.319 e. The van der Waals surface area contributed by atoms with E-state index in [1.165, 1.54) is 7.11 Å². The lowest BCUT2D eigenvalue weighted by Crippen LogP contribution is -2.43. The van der Waals surface area contributed by atoms with Crippen molar-refractivity contribution in [3.63, 3.8) is 0 Å². The molecule has 0 fully saturated rings. The van der Waals surface area contributed by atoms with E-state index in [2.05, 4.69) is 16.0 Å². The van der Waals surface area contributed by atoms with Crippen molar-refractivity contribution in [2.45, 2.75) is 32.5 Å². The summed E-state index contributed by atoms with van der Waals surface area (Å²) in [5, 5.41) is 8.19. The predicted octanol–water partition coefficient (Wildman–Crippen LogP) is 0.806. The maximum atomic E-state index is 11.6. The standard InChI is InChI=1S/C15H24N4O3/c1-10(2)18-15(21)19-12-6-4-11(5-7-12)8-17-14(20)13(16)9-22-3/h4-7,10,13H,8-9,16H2,1-3H3,(H,17,20)(H2,18,19,21). The summed E-state index contributed by atoms with van der Waals surface area (Å²) < 4.78 is 4.82. The minimum Gasteiger partial charge on any atom is -0.383 e. The number of hydrogen-bond donors (Lipinski definition) is 4. The van der Waals surface area contributed by atoms with Crippen LogP contribution >= 0.6 is 0 Å². The largest absolute Gasteiger partial charge is 0.383 e. The number of urea groups is 1. The molecule has 0 saturated carbocycles. The zero-order valence-corrected chi connectivity index (χ0v) is 13.2. The molecule has 0 spiro atoms. The van der Waals surface area contributed by atoms with Gasteiger partial charge in [-0.15, -0.1) is 0 Å². The topological polar surface area (TPSA) is 105 Å². The number of hydrogen-bond acceptors (Lipinski definition) is 4. The van der Waals surface area contributed by atoms with Crippen molar-refractivity contribution in [1.29, 1.82) is 0 Å². The van der Waals surface area contributed by atoms with Crippen LogP contribution in [0.25, 0.3) is 0 Å². The van der Waals surface area contributed by atoms with Gasteiger partial charge in [0.05, 0.1) is 6.61 Å². The summed E-state index contributed by atoms with van der Waals surface area (Å²) >= 11 is 0. The second-order valence-electron chi connectivity index (χ2n) is 5.23. The summed E-state index contributed by atoms with van der Waals surface area (Å²) in [5.74, 6) is -0.264. The second kappa shape index (κ2) is 9.01. The van der Waals surface area contributed by atoms with E-state index in [4.69, 9.17) is 10.5 Å². The van der Waals surface area contributed by atoms with Crippen molar-refractivity contribution in [3.05, 3.63) is 29.8 Å². The van der Waals surface area contributed by atoms with Crippen LogP contribution in [-0.4, -0.2) is 37.7 Å². The molecule has 0 aliphatic heterocycles. The van der Waals surface area contributed by atoms with Gasteiger partial charge in [0.1, 0.15) is 6.04 Å². The van der Waals surface area contributed by atoms with E-state index in [0.717, 1.165) is 5.56 Å². The zero-order chi connectivity index (χ0) is 16.5. The number of rotatable bonds is 7. The van der Waals surface area contributed by atoms with Gasteiger partial charge in [0, 0.05) is 25.4 Å². The van der Waals surface area contributed by atoms with Crippen LogP contribution in [0, 0.1) is 0 Å². The van der Waals surface area contributed by atoms with E-state index < -0.39 is 6.04 Å². The first-order valence-corrected chi connectivity index (χ1v) is 7.11. The maximum Gasteiger partial charge on any atom is 0.319 e. The molecule has 0 radical (unpaired) electrons. The fourth-order valence-corrected chi connectivity index (χ4v) is 1.71. The van der Waals surface area contributed by atoms with Gasteiger partial charge in [-0.25, -0.2) is 4.79 Å². The van der Waals surface area contributed by atoms with Crippen LogP contribution in [0.5, 0.6) is 0 Å². The van der Waals surface area contributed by atoms with Crippen LogP contribution in [0.2, 0.25) is 0 Å². The van der Waals surface area contributed by atoms with Gasteiger partial charge in [0.2, 0.25) is 5.91 Å². The first-order valence-electron chi connectivity index (χ1n) is 7.11. The normalized spacial score (nSPS) is 11.9. The number of nitrogens with one attached hydrogen (secondary N) is 3. The van der Waals surface area contributed by atoms with E-state index in [1.807, 2.05) is 26.0 Å². The highest BCUT2D eigenvalue weighted by Gasteiger charge is 2.12. The molecule has 0 saturated heterocycles. The third-order valence-electron chi connectivity index (χ3n) is 2.78. The summed E-state index contributed by atoms with van der Waals surface area (Å²) in [6.45, 7) is 4.33. The van der Waals surface area contributed by atoms with Gasteiger partial charge in [0.15, 0.2) is 0 Å². The van der Waals surface area contributed by atoms with Crippen LogP contribution in [0.1, 0.15) is 19.4 Å². The Morgan fingerprint density at radius 1 is 1.23 bits per heavy atom. The minimum absolute atomic E-state index is 0.0748. The van der Waals surface area contributed by atoms with Gasteiger partial charge in [-0.2, -0.15) is 0 Å². The summed E-state index contributed by atoms with van der Waals surface area (Å²) in [7, 11) is 1.49. The molecule has 0 heterocycles. The van der Waals surface area contributed by atoms with Crippen molar-refractivity contribution in [3.8, 4) is 0 Å². The highest BCUT2D eigenvalue weighted by Crippen LogP contribution is 2.09. The molecule has 122 valence electrons. The molecule has 7 nitrogen and oxygen atoms in total. The predicted molar refractivity (Wildman–Crippen MR) is 85.4 cm³/mol. The number of ether oxygens (including phenoxy) is 1. The quantitative estimate of drug-likeness (QED) is 0.598. The van der Waals surface area contributed by atoms with E-state index in [9.17, 15) is 9.59 Å². The van der Waals surface area contributed by atoms with Crippen molar-refractivity contribution in [1.82, 2.24) is 10.6 Å². The Kier molecular flexibility index (Phi) is 7.34. The second-order valence-corrected chi connectivity index (χ2v) is 5.23. The fraction of sp³-hybridized carbons (Fsp3) is 0.467. The van der Waals surface area contributed by atoms with Crippen molar-refractivity contribution < 1.29 is 14.3 Å². The summed E-state index contributed by atoms with van der Waals surface area (Å²) in [4.78, 5) is 23.2. The Hall–Kier alpha value is -2.12. The van der Waals surface area contributed by atoms with Crippen LogP contribution in [0.4, 0.5) is 10.5 Å². The number of benzene rings is 1. The number of nitrogens with two attached hydrogens (primary N) is 1. The Morgan fingerprint density at radius 3 is 2.41 bits per heavy atom. The molecule has 1 rings (SSSR count). The first-order chi connectivity index (χ1) is 10.4. The average molecular weight is 308 g/mol. The van der Waals surface area contributed by atoms with Gasteiger partial charge < -0.3 is 26.4 Å². The van der Waals surface area contributed by atoms with Gasteiger partial charge in [-0.05, 0) is 31.5 Å². The van der Waals surface area contributed by atoms with Crippen LogP contribution in [0.3, 0.4) is 0 Å². The monoisotopic (exact) mass is 308 g/mol. The zero-order valence-electron chi connectivity index (χ0n) is 13.2. The third-order valence-corrected chi connectivity index (χ3v) is 2.78. The molecular weight excluding hydrogens is 284 g/mol. The van der Waals surface area contributed by atoms with Crippen molar-refractivity contribution >= 4 is 17.6 Å². The lowest BCUT2D eigenvalue weighted by atomic mass is 10.2. The molecular formula is C15H24N4O3. The highest BCUT2D eigenvalue weighted by atomic mass is 16.5. The van der Waals surface area contributed by atoms with E-state index >= 15 is 0 Å². The molecule has 0 aliphatic carbocycles.